The normalized spacial score (nSPS) is 15.9. The van der Waals surface area contributed by atoms with Crippen molar-refractivity contribution in [2.75, 3.05) is 32.7 Å². The zero-order chi connectivity index (χ0) is 19.1. The first kappa shape index (κ1) is 19.8. The molecular formula is C20H22Cl2N4O. The predicted molar refractivity (Wildman–Crippen MR) is 110 cm³/mol. The van der Waals surface area contributed by atoms with E-state index in [2.05, 4.69) is 26.4 Å². The minimum atomic E-state index is -0.111. The minimum Gasteiger partial charge on any atom is -0.296 e. The molecule has 0 aromatic heterocycles. The molecule has 0 aliphatic carbocycles. The zero-order valence-corrected chi connectivity index (χ0v) is 16.5. The Morgan fingerprint density at radius 2 is 1.67 bits per heavy atom. The van der Waals surface area contributed by atoms with Gasteiger partial charge in [0, 0.05) is 42.8 Å². The first-order valence-corrected chi connectivity index (χ1v) is 9.61. The molecule has 1 amide bonds. The number of hydrogen-bond acceptors (Lipinski definition) is 4. The fourth-order valence-corrected chi connectivity index (χ4v) is 3.26. The van der Waals surface area contributed by atoms with Crippen molar-refractivity contribution in [2.24, 2.45) is 5.10 Å². The number of carbonyl (C=O) groups excluding carboxylic acids is 1. The molecule has 142 valence electrons. The van der Waals surface area contributed by atoms with Gasteiger partial charge in [0.2, 0.25) is 0 Å². The van der Waals surface area contributed by atoms with E-state index in [0.717, 1.165) is 48.9 Å². The van der Waals surface area contributed by atoms with Gasteiger partial charge in [-0.1, -0.05) is 53.5 Å². The number of halogens is 2. The Morgan fingerprint density at radius 1 is 1.00 bits per heavy atom. The lowest BCUT2D eigenvalue weighted by Gasteiger charge is -2.34. The highest BCUT2D eigenvalue weighted by atomic mass is 35.5. The third-order valence-corrected chi connectivity index (χ3v) is 5.08. The third kappa shape index (κ3) is 6.33. The molecule has 3 rings (SSSR count). The average Bonchev–Trinajstić information content (AvgIpc) is 2.67. The minimum absolute atomic E-state index is 0.111. The summed E-state index contributed by atoms with van der Waals surface area (Å²) < 4.78 is 0. The lowest BCUT2D eigenvalue weighted by atomic mass is 10.2. The predicted octanol–water partition coefficient (Wildman–Crippen LogP) is 3.26. The van der Waals surface area contributed by atoms with E-state index >= 15 is 0 Å². The molecule has 7 heteroatoms. The molecule has 1 N–H and O–H groups in total. The molecule has 0 spiro atoms. The van der Waals surface area contributed by atoms with Crippen LogP contribution in [-0.4, -0.2) is 54.6 Å². The highest BCUT2D eigenvalue weighted by molar-refractivity contribution is 6.31. The first-order valence-electron chi connectivity index (χ1n) is 8.86. The maximum atomic E-state index is 12.1. The molecule has 0 saturated carbocycles. The van der Waals surface area contributed by atoms with Gasteiger partial charge in [-0.3, -0.25) is 14.6 Å². The second kappa shape index (κ2) is 9.85. The standard InChI is InChI=1S/C20H22Cl2N4O/c21-18-7-5-16(6-8-18)13-23-24-20(27)15-26-11-9-25(10-12-26)14-17-3-1-2-4-19(17)22/h1-8,13H,9-12,14-15H2,(H,24,27)/b23-13-. The number of carbonyl (C=O) groups is 1. The van der Waals surface area contributed by atoms with Crippen LogP contribution in [0.2, 0.25) is 10.0 Å². The van der Waals surface area contributed by atoms with Gasteiger partial charge in [0.1, 0.15) is 0 Å². The van der Waals surface area contributed by atoms with Crippen LogP contribution in [0, 0.1) is 0 Å². The van der Waals surface area contributed by atoms with Gasteiger partial charge in [-0.2, -0.15) is 5.10 Å². The molecule has 2 aromatic carbocycles. The molecule has 27 heavy (non-hydrogen) atoms. The summed E-state index contributed by atoms with van der Waals surface area (Å²) in [6.07, 6.45) is 1.61. The monoisotopic (exact) mass is 404 g/mol. The van der Waals surface area contributed by atoms with E-state index in [-0.39, 0.29) is 5.91 Å². The second-order valence-corrected chi connectivity index (χ2v) is 7.33. The van der Waals surface area contributed by atoms with Crippen molar-refractivity contribution in [1.82, 2.24) is 15.2 Å². The summed E-state index contributed by atoms with van der Waals surface area (Å²) in [6.45, 7) is 4.69. The van der Waals surface area contributed by atoms with E-state index in [1.165, 1.54) is 0 Å². The Labute approximate surface area is 169 Å². The van der Waals surface area contributed by atoms with Crippen molar-refractivity contribution in [1.29, 1.82) is 0 Å². The van der Waals surface area contributed by atoms with Crippen LogP contribution in [-0.2, 0) is 11.3 Å². The molecule has 0 atom stereocenters. The van der Waals surface area contributed by atoms with E-state index in [9.17, 15) is 4.79 Å². The Morgan fingerprint density at radius 3 is 2.37 bits per heavy atom. The van der Waals surface area contributed by atoms with Gasteiger partial charge in [0.25, 0.3) is 5.91 Å². The van der Waals surface area contributed by atoms with Crippen molar-refractivity contribution >= 4 is 35.3 Å². The van der Waals surface area contributed by atoms with E-state index in [1.807, 2.05) is 30.3 Å². The van der Waals surface area contributed by atoms with Gasteiger partial charge in [-0.25, -0.2) is 5.43 Å². The fraction of sp³-hybridized carbons (Fsp3) is 0.300. The quantitative estimate of drug-likeness (QED) is 0.593. The van der Waals surface area contributed by atoms with Crippen molar-refractivity contribution in [3.63, 3.8) is 0 Å². The number of hydrogen-bond donors (Lipinski definition) is 1. The van der Waals surface area contributed by atoms with E-state index < -0.39 is 0 Å². The summed E-state index contributed by atoms with van der Waals surface area (Å²) >= 11 is 12.1. The van der Waals surface area contributed by atoms with Gasteiger partial charge in [0.15, 0.2) is 0 Å². The van der Waals surface area contributed by atoms with E-state index in [1.54, 1.807) is 18.3 Å². The molecule has 1 aliphatic rings. The summed E-state index contributed by atoms with van der Waals surface area (Å²) in [6, 6.07) is 15.2. The van der Waals surface area contributed by atoms with Gasteiger partial charge < -0.3 is 0 Å². The van der Waals surface area contributed by atoms with Crippen LogP contribution in [0.5, 0.6) is 0 Å². The van der Waals surface area contributed by atoms with Crippen molar-refractivity contribution in [3.8, 4) is 0 Å². The van der Waals surface area contributed by atoms with Crippen LogP contribution in [0.3, 0.4) is 0 Å². The molecule has 0 bridgehead atoms. The maximum absolute atomic E-state index is 12.1. The van der Waals surface area contributed by atoms with Gasteiger partial charge in [-0.05, 0) is 29.3 Å². The van der Waals surface area contributed by atoms with Crippen LogP contribution in [0.25, 0.3) is 0 Å². The summed E-state index contributed by atoms with van der Waals surface area (Å²) in [4.78, 5) is 16.5. The highest BCUT2D eigenvalue weighted by Gasteiger charge is 2.19. The van der Waals surface area contributed by atoms with Crippen molar-refractivity contribution in [3.05, 3.63) is 69.7 Å². The molecule has 1 aliphatic heterocycles. The van der Waals surface area contributed by atoms with Crippen LogP contribution in [0.15, 0.2) is 53.6 Å². The summed E-state index contributed by atoms with van der Waals surface area (Å²) in [7, 11) is 0. The van der Waals surface area contributed by atoms with Gasteiger partial charge >= 0.3 is 0 Å². The number of benzene rings is 2. The number of nitrogens with one attached hydrogen (secondary N) is 1. The number of hydrazone groups is 1. The third-order valence-electron chi connectivity index (χ3n) is 4.46. The lowest BCUT2D eigenvalue weighted by Crippen LogP contribution is -2.48. The maximum Gasteiger partial charge on any atom is 0.254 e. The Hall–Kier alpha value is -1.92. The summed E-state index contributed by atoms with van der Waals surface area (Å²) in [5, 5.41) is 5.47. The van der Waals surface area contributed by atoms with Crippen LogP contribution in [0.4, 0.5) is 0 Å². The SMILES string of the molecule is O=C(CN1CCN(Cc2ccccc2Cl)CC1)N/N=C\c1ccc(Cl)cc1. The molecule has 1 heterocycles. The molecule has 5 nitrogen and oxygen atoms in total. The van der Waals surface area contributed by atoms with E-state index in [4.69, 9.17) is 23.2 Å². The highest BCUT2D eigenvalue weighted by Crippen LogP contribution is 2.17. The Kier molecular flexibility index (Phi) is 7.24. The van der Waals surface area contributed by atoms with Gasteiger partial charge in [0.05, 0.1) is 12.8 Å². The smallest absolute Gasteiger partial charge is 0.254 e. The number of nitrogens with zero attached hydrogens (tertiary/aromatic N) is 3. The van der Waals surface area contributed by atoms with Crippen molar-refractivity contribution < 1.29 is 4.79 Å². The van der Waals surface area contributed by atoms with E-state index in [0.29, 0.717) is 11.6 Å². The Bertz CT molecular complexity index is 787. The van der Waals surface area contributed by atoms with Crippen LogP contribution in [0.1, 0.15) is 11.1 Å². The Balaban J connectivity index is 1.39. The number of amides is 1. The topological polar surface area (TPSA) is 47.9 Å². The van der Waals surface area contributed by atoms with Gasteiger partial charge in [-0.15, -0.1) is 0 Å². The second-order valence-electron chi connectivity index (χ2n) is 6.49. The zero-order valence-electron chi connectivity index (χ0n) is 14.9. The molecule has 1 saturated heterocycles. The largest absolute Gasteiger partial charge is 0.296 e. The van der Waals surface area contributed by atoms with Crippen LogP contribution < -0.4 is 5.43 Å². The lowest BCUT2D eigenvalue weighted by molar-refractivity contribution is -0.122. The molecule has 0 unspecified atom stereocenters. The average molecular weight is 405 g/mol. The molecule has 2 aromatic rings. The molecule has 1 fully saturated rings. The summed E-state index contributed by atoms with van der Waals surface area (Å²) in [5.41, 5.74) is 4.60. The van der Waals surface area contributed by atoms with Crippen LogP contribution >= 0.6 is 23.2 Å². The number of piperazine rings is 1. The first-order chi connectivity index (χ1) is 13.1. The molecular weight excluding hydrogens is 383 g/mol. The number of rotatable bonds is 6. The summed E-state index contributed by atoms with van der Waals surface area (Å²) in [5.74, 6) is -0.111. The molecule has 0 radical (unpaired) electrons. The van der Waals surface area contributed by atoms with Crippen molar-refractivity contribution in [2.45, 2.75) is 6.54 Å². The fourth-order valence-electron chi connectivity index (χ4n) is 2.94.